The van der Waals surface area contributed by atoms with Crippen molar-refractivity contribution in [1.29, 1.82) is 0 Å². The molecule has 1 fully saturated rings. The Balaban J connectivity index is 2.14. The van der Waals surface area contributed by atoms with E-state index < -0.39 is 0 Å². The highest BCUT2D eigenvalue weighted by molar-refractivity contribution is 5.36. The van der Waals surface area contributed by atoms with Gasteiger partial charge in [0.05, 0.1) is 12.7 Å². The Hall–Kier alpha value is -1.63. The average Bonchev–Trinajstić information content (AvgIpc) is 2.29. The fourth-order valence-electron chi connectivity index (χ4n) is 1.76. The van der Waals surface area contributed by atoms with Gasteiger partial charge in [-0.1, -0.05) is 0 Å². The molecule has 3 N–H and O–H groups in total. The van der Waals surface area contributed by atoms with Gasteiger partial charge in [0.15, 0.2) is 0 Å². The van der Waals surface area contributed by atoms with Crippen molar-refractivity contribution >= 4 is 11.9 Å². The van der Waals surface area contributed by atoms with Crippen molar-refractivity contribution in [3.63, 3.8) is 0 Å². The SMILES string of the molecule is CCOc1nc(N)nc(N2CCC(O)CC2)n1. The van der Waals surface area contributed by atoms with Crippen molar-refractivity contribution < 1.29 is 9.84 Å². The molecule has 2 rings (SSSR count). The number of aromatic nitrogens is 3. The second-order valence-electron chi connectivity index (χ2n) is 3.93. The van der Waals surface area contributed by atoms with Crippen molar-refractivity contribution in [2.45, 2.75) is 25.9 Å². The van der Waals surface area contributed by atoms with Crippen LogP contribution in [-0.4, -0.2) is 45.9 Å². The predicted octanol–water partition coefficient (Wildman–Crippen LogP) is -0.186. The highest BCUT2D eigenvalue weighted by Gasteiger charge is 2.20. The van der Waals surface area contributed by atoms with Crippen LogP contribution in [0.2, 0.25) is 0 Å². The lowest BCUT2D eigenvalue weighted by molar-refractivity contribution is 0.145. The molecule has 0 spiro atoms. The van der Waals surface area contributed by atoms with Crippen LogP contribution in [0.15, 0.2) is 0 Å². The number of ether oxygens (including phenoxy) is 1. The number of aliphatic hydroxyl groups excluding tert-OH is 1. The molecule has 0 atom stereocenters. The van der Waals surface area contributed by atoms with E-state index in [0.717, 1.165) is 25.9 Å². The van der Waals surface area contributed by atoms with Crippen LogP contribution in [0.5, 0.6) is 6.01 Å². The van der Waals surface area contributed by atoms with E-state index in [0.29, 0.717) is 12.6 Å². The fourth-order valence-corrected chi connectivity index (χ4v) is 1.76. The zero-order valence-electron chi connectivity index (χ0n) is 9.83. The first-order valence-corrected chi connectivity index (χ1v) is 5.76. The number of nitrogens with zero attached hydrogens (tertiary/aromatic N) is 4. The summed E-state index contributed by atoms with van der Waals surface area (Å²) in [4.78, 5) is 14.1. The Kier molecular flexibility index (Phi) is 3.58. The van der Waals surface area contributed by atoms with Gasteiger partial charge >= 0.3 is 6.01 Å². The second kappa shape index (κ2) is 5.13. The smallest absolute Gasteiger partial charge is 0.323 e. The Bertz CT molecular complexity index is 379. The standard InChI is InChI=1S/C10H17N5O2/c1-2-17-10-13-8(11)12-9(14-10)15-5-3-7(16)4-6-15/h7,16H,2-6H2,1H3,(H2,11,12,13,14). The summed E-state index contributed by atoms with van der Waals surface area (Å²) in [5.41, 5.74) is 5.61. The Morgan fingerprint density at radius 3 is 2.71 bits per heavy atom. The van der Waals surface area contributed by atoms with Gasteiger partial charge in [0.1, 0.15) is 0 Å². The van der Waals surface area contributed by atoms with Crippen LogP contribution < -0.4 is 15.4 Å². The second-order valence-corrected chi connectivity index (χ2v) is 3.93. The van der Waals surface area contributed by atoms with Gasteiger partial charge in [-0.15, -0.1) is 0 Å². The maximum atomic E-state index is 9.44. The summed E-state index contributed by atoms with van der Waals surface area (Å²) in [7, 11) is 0. The summed E-state index contributed by atoms with van der Waals surface area (Å²) in [5, 5.41) is 9.44. The third-order valence-corrected chi connectivity index (χ3v) is 2.64. The summed E-state index contributed by atoms with van der Waals surface area (Å²) < 4.78 is 5.22. The van der Waals surface area contributed by atoms with Gasteiger partial charge in [0.2, 0.25) is 11.9 Å². The molecule has 1 aromatic heterocycles. The molecule has 0 aromatic carbocycles. The molecule has 7 heteroatoms. The lowest BCUT2D eigenvalue weighted by Gasteiger charge is -2.29. The third-order valence-electron chi connectivity index (χ3n) is 2.64. The average molecular weight is 239 g/mol. The van der Waals surface area contributed by atoms with Gasteiger partial charge in [-0.2, -0.15) is 15.0 Å². The highest BCUT2D eigenvalue weighted by atomic mass is 16.5. The molecule has 1 aliphatic heterocycles. The molecule has 0 unspecified atom stereocenters. The number of hydrogen-bond donors (Lipinski definition) is 2. The van der Waals surface area contributed by atoms with Crippen molar-refractivity contribution in [2.75, 3.05) is 30.3 Å². The largest absolute Gasteiger partial charge is 0.464 e. The quantitative estimate of drug-likeness (QED) is 0.754. The molecule has 0 amide bonds. The molecule has 7 nitrogen and oxygen atoms in total. The summed E-state index contributed by atoms with van der Waals surface area (Å²) in [6, 6.07) is 0.251. The maximum Gasteiger partial charge on any atom is 0.323 e. The summed E-state index contributed by atoms with van der Waals surface area (Å²) in [6.07, 6.45) is 1.21. The number of nitrogens with two attached hydrogens (primary N) is 1. The molecule has 1 aliphatic rings. The highest BCUT2D eigenvalue weighted by Crippen LogP contribution is 2.18. The van der Waals surface area contributed by atoms with E-state index in [2.05, 4.69) is 15.0 Å². The topological polar surface area (TPSA) is 97.4 Å². The first kappa shape index (κ1) is 11.8. The lowest BCUT2D eigenvalue weighted by Crippen LogP contribution is -2.37. The van der Waals surface area contributed by atoms with E-state index in [9.17, 15) is 5.11 Å². The molecule has 0 saturated carbocycles. The van der Waals surface area contributed by atoms with E-state index >= 15 is 0 Å². The zero-order valence-corrected chi connectivity index (χ0v) is 9.83. The molecule has 17 heavy (non-hydrogen) atoms. The fraction of sp³-hybridized carbons (Fsp3) is 0.700. The number of nitrogen functional groups attached to an aromatic ring is 1. The summed E-state index contributed by atoms with van der Waals surface area (Å²) in [5.74, 6) is 0.678. The Morgan fingerprint density at radius 2 is 2.06 bits per heavy atom. The van der Waals surface area contributed by atoms with E-state index in [1.165, 1.54) is 0 Å². The van der Waals surface area contributed by atoms with Gasteiger partial charge < -0.3 is 20.5 Å². The molecule has 0 radical (unpaired) electrons. The summed E-state index contributed by atoms with van der Waals surface area (Å²) >= 11 is 0. The number of rotatable bonds is 3. The number of anilines is 2. The monoisotopic (exact) mass is 239 g/mol. The number of hydrogen-bond acceptors (Lipinski definition) is 7. The molecule has 94 valence electrons. The number of aliphatic hydroxyl groups is 1. The van der Waals surface area contributed by atoms with E-state index in [4.69, 9.17) is 10.5 Å². The van der Waals surface area contributed by atoms with Crippen molar-refractivity contribution in [1.82, 2.24) is 15.0 Å². The van der Waals surface area contributed by atoms with E-state index in [1.807, 2.05) is 11.8 Å². The van der Waals surface area contributed by atoms with Gasteiger partial charge in [-0.25, -0.2) is 0 Å². The molecule has 1 saturated heterocycles. The van der Waals surface area contributed by atoms with Crippen LogP contribution in [-0.2, 0) is 0 Å². The van der Waals surface area contributed by atoms with Crippen LogP contribution in [0.1, 0.15) is 19.8 Å². The molecule has 1 aromatic rings. The minimum Gasteiger partial charge on any atom is -0.464 e. The molecule has 0 aliphatic carbocycles. The van der Waals surface area contributed by atoms with Gasteiger partial charge in [-0.05, 0) is 19.8 Å². The van der Waals surface area contributed by atoms with Crippen LogP contribution in [0.25, 0.3) is 0 Å². The minimum atomic E-state index is -0.225. The molecular weight excluding hydrogens is 222 g/mol. The van der Waals surface area contributed by atoms with Gasteiger partial charge in [0.25, 0.3) is 0 Å². The van der Waals surface area contributed by atoms with Crippen LogP contribution in [0, 0.1) is 0 Å². The number of piperidine rings is 1. The molecule has 2 heterocycles. The minimum absolute atomic E-state index is 0.157. The molecular formula is C10H17N5O2. The lowest BCUT2D eigenvalue weighted by atomic mass is 10.1. The van der Waals surface area contributed by atoms with Gasteiger partial charge in [0, 0.05) is 13.1 Å². The van der Waals surface area contributed by atoms with Crippen LogP contribution >= 0.6 is 0 Å². The van der Waals surface area contributed by atoms with Crippen molar-refractivity contribution in [3.05, 3.63) is 0 Å². The van der Waals surface area contributed by atoms with Crippen molar-refractivity contribution in [2.24, 2.45) is 0 Å². The van der Waals surface area contributed by atoms with Gasteiger partial charge in [-0.3, -0.25) is 0 Å². The van der Waals surface area contributed by atoms with Crippen LogP contribution in [0.3, 0.4) is 0 Å². The molecule has 0 bridgehead atoms. The third kappa shape index (κ3) is 2.94. The first-order chi connectivity index (χ1) is 8.19. The van der Waals surface area contributed by atoms with E-state index in [1.54, 1.807) is 0 Å². The van der Waals surface area contributed by atoms with Crippen LogP contribution in [0.4, 0.5) is 11.9 Å². The predicted molar refractivity (Wildman–Crippen MR) is 62.9 cm³/mol. The zero-order chi connectivity index (χ0) is 12.3. The summed E-state index contributed by atoms with van der Waals surface area (Å²) in [6.45, 7) is 3.78. The Labute approximate surface area is 99.6 Å². The van der Waals surface area contributed by atoms with Crippen molar-refractivity contribution in [3.8, 4) is 6.01 Å². The normalized spacial score (nSPS) is 17.2. The first-order valence-electron chi connectivity index (χ1n) is 5.76. The van der Waals surface area contributed by atoms with E-state index in [-0.39, 0.29) is 18.1 Å². The Morgan fingerprint density at radius 1 is 1.35 bits per heavy atom. The maximum absolute atomic E-state index is 9.44.